The zero-order chi connectivity index (χ0) is 15.0. The molecule has 0 N–H and O–H groups in total. The number of carbonyl (C=O) groups is 1. The summed E-state index contributed by atoms with van der Waals surface area (Å²) in [6.07, 6.45) is 4.76. The molecule has 3 rings (SSSR count). The molecule has 1 aliphatic rings. The Balaban J connectivity index is 2.27. The van der Waals surface area contributed by atoms with Crippen molar-refractivity contribution >= 4 is 32.5 Å². The highest BCUT2D eigenvalue weighted by molar-refractivity contribution is 9.09. The van der Waals surface area contributed by atoms with Crippen molar-refractivity contribution in [2.45, 2.75) is 45.4 Å². The summed E-state index contributed by atoms with van der Waals surface area (Å²) < 4.78 is 0. The van der Waals surface area contributed by atoms with E-state index in [-0.39, 0.29) is 5.78 Å². The van der Waals surface area contributed by atoms with Gasteiger partial charge in [-0.25, -0.2) is 0 Å². The molecule has 2 aromatic rings. The van der Waals surface area contributed by atoms with Gasteiger partial charge in [-0.1, -0.05) is 48.0 Å². The van der Waals surface area contributed by atoms with Gasteiger partial charge in [0.25, 0.3) is 0 Å². The summed E-state index contributed by atoms with van der Waals surface area (Å²) in [5, 5.41) is 3.03. The van der Waals surface area contributed by atoms with E-state index in [0.29, 0.717) is 11.2 Å². The molecule has 0 aliphatic heterocycles. The Morgan fingerprint density at radius 2 is 2.10 bits per heavy atom. The number of aryl methyl sites for hydroxylation is 2. The van der Waals surface area contributed by atoms with Crippen LogP contribution in [0.5, 0.6) is 0 Å². The zero-order valence-electron chi connectivity index (χ0n) is 12.7. The summed E-state index contributed by atoms with van der Waals surface area (Å²) in [6, 6.07) is 8.65. The van der Waals surface area contributed by atoms with E-state index in [1.165, 1.54) is 46.7 Å². The third kappa shape index (κ3) is 2.55. The quantitative estimate of drug-likeness (QED) is 0.536. The molecule has 0 radical (unpaired) electrons. The van der Waals surface area contributed by atoms with Gasteiger partial charge < -0.3 is 0 Å². The van der Waals surface area contributed by atoms with Gasteiger partial charge >= 0.3 is 0 Å². The molecule has 2 heteroatoms. The molecule has 1 aliphatic carbocycles. The van der Waals surface area contributed by atoms with Crippen molar-refractivity contribution in [3.8, 4) is 0 Å². The fraction of sp³-hybridized carbons (Fsp3) is 0.421. The van der Waals surface area contributed by atoms with E-state index < -0.39 is 0 Å². The molecule has 0 aromatic heterocycles. The van der Waals surface area contributed by atoms with E-state index in [2.05, 4.69) is 48.0 Å². The van der Waals surface area contributed by atoms with Crippen LogP contribution in [0.15, 0.2) is 24.3 Å². The molecule has 0 amide bonds. The predicted octanol–water partition coefficient (Wildman–Crippen LogP) is 5.42. The van der Waals surface area contributed by atoms with Gasteiger partial charge in [0.1, 0.15) is 0 Å². The number of hydrogen-bond donors (Lipinski definition) is 0. The van der Waals surface area contributed by atoms with Crippen LogP contribution in [0, 0.1) is 0 Å². The molecule has 0 fully saturated rings. The van der Waals surface area contributed by atoms with Crippen molar-refractivity contribution in [3.63, 3.8) is 0 Å². The lowest BCUT2D eigenvalue weighted by atomic mass is 9.79. The lowest BCUT2D eigenvalue weighted by Crippen LogP contribution is -2.09. The molecule has 0 heterocycles. The van der Waals surface area contributed by atoms with Gasteiger partial charge in [-0.15, -0.1) is 0 Å². The van der Waals surface area contributed by atoms with Gasteiger partial charge in [0.15, 0.2) is 5.78 Å². The molecule has 0 saturated heterocycles. The van der Waals surface area contributed by atoms with E-state index in [4.69, 9.17) is 0 Å². The Kier molecular flexibility index (Phi) is 4.17. The van der Waals surface area contributed by atoms with Crippen molar-refractivity contribution < 1.29 is 4.79 Å². The van der Waals surface area contributed by atoms with Crippen molar-refractivity contribution in [1.82, 2.24) is 0 Å². The van der Waals surface area contributed by atoms with Crippen LogP contribution in [0.3, 0.4) is 0 Å². The molecule has 1 unspecified atom stereocenters. The molecule has 1 atom stereocenters. The maximum Gasteiger partial charge on any atom is 0.173 e. The summed E-state index contributed by atoms with van der Waals surface area (Å²) in [5.74, 6) is 0.817. The number of hydrogen-bond acceptors (Lipinski definition) is 1. The van der Waals surface area contributed by atoms with Crippen LogP contribution >= 0.6 is 15.9 Å². The second-order valence-corrected chi connectivity index (χ2v) is 6.63. The fourth-order valence-corrected chi connectivity index (χ4v) is 3.91. The third-order valence-corrected chi connectivity index (χ3v) is 5.30. The predicted molar refractivity (Wildman–Crippen MR) is 92.8 cm³/mol. The Morgan fingerprint density at radius 3 is 2.81 bits per heavy atom. The molecule has 0 spiro atoms. The van der Waals surface area contributed by atoms with Gasteiger partial charge in [-0.2, -0.15) is 0 Å². The zero-order valence-corrected chi connectivity index (χ0v) is 14.3. The Labute approximate surface area is 134 Å². The summed E-state index contributed by atoms with van der Waals surface area (Å²) in [4.78, 5) is 12.0. The van der Waals surface area contributed by atoms with E-state index in [0.717, 1.165) is 12.0 Å². The fourth-order valence-electron chi connectivity index (χ4n) is 3.58. The van der Waals surface area contributed by atoms with Crippen LogP contribution in [0.2, 0.25) is 0 Å². The Hall–Kier alpha value is -1.15. The van der Waals surface area contributed by atoms with Crippen LogP contribution in [-0.4, -0.2) is 11.1 Å². The van der Waals surface area contributed by atoms with E-state index in [1.54, 1.807) is 0 Å². The van der Waals surface area contributed by atoms with Crippen LogP contribution in [0.4, 0.5) is 0 Å². The van der Waals surface area contributed by atoms with Crippen molar-refractivity contribution in [2.75, 3.05) is 5.33 Å². The minimum absolute atomic E-state index is 0.157. The molecule has 0 bridgehead atoms. The Bertz CT molecular complexity index is 702. The number of alkyl halides is 1. The highest BCUT2D eigenvalue weighted by Crippen LogP contribution is 2.38. The number of carbonyl (C=O) groups excluding carboxylic acids is 1. The average Bonchev–Trinajstić information content (AvgIpc) is 2.53. The monoisotopic (exact) mass is 344 g/mol. The molecular formula is C19H21BrO. The highest BCUT2D eigenvalue weighted by Gasteiger charge is 2.20. The first-order valence-corrected chi connectivity index (χ1v) is 8.95. The summed E-state index contributed by atoms with van der Waals surface area (Å²) in [5.41, 5.74) is 5.24. The standard InChI is InChI=1S/C19H21BrO/c1-3-13-9-17-12(2)5-4-6-15(17)16-8-7-14(10-18(13)16)19(21)11-20/h7-10,12H,3-6,11H2,1-2H3. The summed E-state index contributed by atoms with van der Waals surface area (Å²) in [7, 11) is 0. The molecular weight excluding hydrogens is 324 g/mol. The smallest absolute Gasteiger partial charge is 0.173 e. The second kappa shape index (κ2) is 5.92. The maximum atomic E-state index is 12.0. The van der Waals surface area contributed by atoms with Gasteiger partial charge in [0, 0.05) is 5.56 Å². The SMILES string of the molecule is CCc1cc2c(c3ccc(C(=O)CBr)cc13)CCCC2C. The van der Waals surface area contributed by atoms with Crippen LogP contribution < -0.4 is 0 Å². The molecule has 0 saturated carbocycles. The largest absolute Gasteiger partial charge is 0.293 e. The van der Waals surface area contributed by atoms with E-state index >= 15 is 0 Å². The lowest BCUT2D eigenvalue weighted by Gasteiger charge is -2.25. The number of Topliss-reactive ketones (excluding diaryl/α,β-unsaturated/α-hetero) is 1. The van der Waals surface area contributed by atoms with E-state index in [1.807, 2.05) is 6.07 Å². The van der Waals surface area contributed by atoms with Crippen LogP contribution in [-0.2, 0) is 12.8 Å². The minimum Gasteiger partial charge on any atom is -0.293 e. The Morgan fingerprint density at radius 1 is 1.29 bits per heavy atom. The molecule has 2 aromatic carbocycles. The van der Waals surface area contributed by atoms with Gasteiger partial charge in [0.05, 0.1) is 5.33 Å². The summed E-state index contributed by atoms with van der Waals surface area (Å²) in [6.45, 7) is 4.54. The van der Waals surface area contributed by atoms with Crippen molar-refractivity contribution in [1.29, 1.82) is 0 Å². The second-order valence-electron chi connectivity index (χ2n) is 6.07. The number of fused-ring (bicyclic) bond motifs is 3. The first-order valence-electron chi connectivity index (χ1n) is 7.83. The first-order chi connectivity index (χ1) is 10.2. The van der Waals surface area contributed by atoms with Gasteiger partial charge in [-0.05, 0) is 65.1 Å². The molecule has 1 nitrogen and oxygen atoms in total. The molecule has 110 valence electrons. The summed E-state index contributed by atoms with van der Waals surface area (Å²) >= 11 is 3.27. The number of benzene rings is 2. The number of ketones is 1. The average molecular weight is 345 g/mol. The molecule has 21 heavy (non-hydrogen) atoms. The van der Waals surface area contributed by atoms with Gasteiger partial charge in [-0.3, -0.25) is 4.79 Å². The first kappa shape index (κ1) is 14.8. The van der Waals surface area contributed by atoms with Crippen molar-refractivity contribution in [2.24, 2.45) is 0 Å². The topological polar surface area (TPSA) is 17.1 Å². The van der Waals surface area contributed by atoms with Gasteiger partial charge in [0.2, 0.25) is 0 Å². The van der Waals surface area contributed by atoms with E-state index in [9.17, 15) is 4.79 Å². The van der Waals surface area contributed by atoms with Crippen molar-refractivity contribution in [3.05, 3.63) is 46.5 Å². The highest BCUT2D eigenvalue weighted by atomic mass is 79.9. The van der Waals surface area contributed by atoms with Crippen LogP contribution in [0.1, 0.15) is 59.7 Å². The third-order valence-electron chi connectivity index (χ3n) is 4.79. The normalized spacial score (nSPS) is 17.8. The van der Waals surface area contributed by atoms with Crippen LogP contribution in [0.25, 0.3) is 10.8 Å². The number of rotatable bonds is 3. The maximum absolute atomic E-state index is 12.0. The lowest BCUT2D eigenvalue weighted by molar-refractivity contribution is 0.102. The minimum atomic E-state index is 0.157. The number of halogens is 1.